The number of esters is 1. The van der Waals surface area contributed by atoms with Crippen LogP contribution in [0.25, 0.3) is 10.8 Å². The fourth-order valence-electron chi connectivity index (χ4n) is 2.68. The van der Waals surface area contributed by atoms with Gasteiger partial charge in [0.15, 0.2) is 6.10 Å². The molecular formula is C20H17N3O5. The van der Waals surface area contributed by atoms with Crippen molar-refractivity contribution in [1.29, 1.82) is 0 Å². The molecule has 3 aromatic rings. The lowest BCUT2D eigenvalue weighted by molar-refractivity contribution is -0.384. The van der Waals surface area contributed by atoms with E-state index in [2.05, 4.69) is 5.32 Å². The Morgan fingerprint density at radius 3 is 2.57 bits per heavy atom. The molecule has 0 saturated heterocycles. The number of fused-ring (bicyclic) bond motifs is 1. The molecule has 0 aliphatic carbocycles. The Bertz CT molecular complexity index is 1080. The average Bonchev–Trinajstić information content (AvgIpc) is 2.68. The molecule has 0 unspecified atom stereocenters. The van der Waals surface area contributed by atoms with E-state index in [1.807, 2.05) is 30.3 Å². The minimum Gasteiger partial charge on any atom is -0.449 e. The fourth-order valence-corrected chi connectivity index (χ4v) is 2.68. The third-order valence-electron chi connectivity index (χ3n) is 4.17. The molecule has 3 rings (SSSR count). The molecule has 0 fully saturated rings. The zero-order chi connectivity index (χ0) is 20.3. The average molecular weight is 379 g/mol. The summed E-state index contributed by atoms with van der Waals surface area (Å²) < 4.78 is 5.14. The summed E-state index contributed by atoms with van der Waals surface area (Å²) >= 11 is 0. The lowest BCUT2D eigenvalue weighted by Crippen LogP contribution is -2.30. The van der Waals surface area contributed by atoms with Crippen molar-refractivity contribution >= 4 is 39.7 Å². The number of carbonyl (C=O) groups is 2. The van der Waals surface area contributed by atoms with Crippen LogP contribution < -0.4 is 11.1 Å². The first-order valence-corrected chi connectivity index (χ1v) is 8.40. The van der Waals surface area contributed by atoms with E-state index in [-0.39, 0.29) is 16.9 Å². The van der Waals surface area contributed by atoms with Crippen LogP contribution in [0.4, 0.5) is 17.1 Å². The Labute approximate surface area is 160 Å². The van der Waals surface area contributed by atoms with Gasteiger partial charge in [-0.05, 0) is 24.4 Å². The number of anilines is 2. The maximum absolute atomic E-state index is 12.5. The maximum Gasteiger partial charge on any atom is 0.341 e. The first-order chi connectivity index (χ1) is 13.4. The fraction of sp³-hybridized carbons (Fsp3) is 0.100. The summed E-state index contributed by atoms with van der Waals surface area (Å²) in [6.45, 7) is 1.41. The molecule has 0 aromatic heterocycles. The van der Waals surface area contributed by atoms with E-state index in [9.17, 15) is 19.7 Å². The van der Waals surface area contributed by atoms with Gasteiger partial charge in [-0.25, -0.2) is 4.79 Å². The molecule has 0 radical (unpaired) electrons. The molecule has 0 saturated carbocycles. The van der Waals surface area contributed by atoms with Crippen LogP contribution in [0.1, 0.15) is 17.3 Å². The number of carbonyl (C=O) groups excluding carboxylic acids is 2. The summed E-state index contributed by atoms with van der Waals surface area (Å²) in [6, 6.07) is 16.4. The predicted octanol–water partition coefficient (Wildman–Crippen LogP) is 3.51. The van der Waals surface area contributed by atoms with Gasteiger partial charge in [0.05, 0.1) is 10.5 Å². The molecule has 0 bridgehead atoms. The maximum atomic E-state index is 12.5. The van der Waals surface area contributed by atoms with E-state index in [1.165, 1.54) is 19.1 Å². The molecule has 3 N–H and O–H groups in total. The number of non-ortho nitro benzene ring substituents is 1. The van der Waals surface area contributed by atoms with E-state index < -0.39 is 22.9 Å². The Morgan fingerprint density at radius 1 is 1.11 bits per heavy atom. The van der Waals surface area contributed by atoms with Crippen molar-refractivity contribution in [1.82, 2.24) is 0 Å². The van der Waals surface area contributed by atoms with Crippen molar-refractivity contribution in [2.24, 2.45) is 0 Å². The Hall–Kier alpha value is -3.94. The number of hydrogen-bond acceptors (Lipinski definition) is 6. The number of nitrogens with one attached hydrogen (secondary N) is 1. The topological polar surface area (TPSA) is 125 Å². The molecule has 142 valence electrons. The van der Waals surface area contributed by atoms with Crippen LogP contribution in [0.3, 0.4) is 0 Å². The summed E-state index contributed by atoms with van der Waals surface area (Å²) in [7, 11) is 0. The molecule has 8 heteroatoms. The number of rotatable bonds is 5. The van der Waals surface area contributed by atoms with Crippen LogP contribution in [0.15, 0.2) is 60.7 Å². The minimum absolute atomic E-state index is 0.0252. The summed E-state index contributed by atoms with van der Waals surface area (Å²) in [4.78, 5) is 35.0. The number of nitro benzene ring substituents is 1. The van der Waals surface area contributed by atoms with Crippen LogP contribution in [0.5, 0.6) is 0 Å². The van der Waals surface area contributed by atoms with Crippen molar-refractivity contribution in [2.45, 2.75) is 13.0 Å². The highest BCUT2D eigenvalue weighted by molar-refractivity contribution is 6.04. The third kappa shape index (κ3) is 3.90. The highest BCUT2D eigenvalue weighted by Gasteiger charge is 2.22. The summed E-state index contributed by atoms with van der Waals surface area (Å²) in [5, 5.41) is 15.4. The van der Waals surface area contributed by atoms with Crippen LogP contribution in [-0.4, -0.2) is 22.9 Å². The number of nitrogen functional groups attached to an aromatic ring is 1. The zero-order valence-corrected chi connectivity index (χ0v) is 14.9. The molecule has 28 heavy (non-hydrogen) atoms. The highest BCUT2D eigenvalue weighted by Crippen LogP contribution is 2.24. The van der Waals surface area contributed by atoms with Gasteiger partial charge in [-0.15, -0.1) is 0 Å². The summed E-state index contributed by atoms with van der Waals surface area (Å²) in [5.74, 6) is -1.45. The van der Waals surface area contributed by atoms with Gasteiger partial charge in [0.1, 0.15) is 0 Å². The normalized spacial score (nSPS) is 11.6. The minimum atomic E-state index is -1.13. The second-order valence-corrected chi connectivity index (χ2v) is 6.09. The van der Waals surface area contributed by atoms with Gasteiger partial charge >= 0.3 is 5.97 Å². The number of amides is 1. The van der Waals surface area contributed by atoms with E-state index >= 15 is 0 Å². The first kappa shape index (κ1) is 18.8. The van der Waals surface area contributed by atoms with Crippen LogP contribution in [-0.2, 0) is 9.53 Å². The summed E-state index contributed by atoms with van der Waals surface area (Å²) in [5.41, 5.74) is 5.85. The lowest BCUT2D eigenvalue weighted by Gasteiger charge is -2.15. The molecule has 3 aromatic carbocycles. The van der Waals surface area contributed by atoms with Crippen molar-refractivity contribution in [2.75, 3.05) is 11.1 Å². The van der Waals surface area contributed by atoms with Crippen LogP contribution in [0.2, 0.25) is 0 Å². The molecule has 1 atom stereocenters. The molecule has 0 spiro atoms. The molecular weight excluding hydrogens is 362 g/mol. The number of ether oxygens (including phenoxy) is 1. The number of benzene rings is 3. The molecule has 0 aliphatic heterocycles. The molecule has 0 heterocycles. The van der Waals surface area contributed by atoms with Gasteiger partial charge < -0.3 is 15.8 Å². The van der Waals surface area contributed by atoms with E-state index in [0.717, 1.165) is 16.8 Å². The number of nitrogens with zero attached hydrogens (tertiary/aromatic N) is 1. The molecule has 8 nitrogen and oxygen atoms in total. The van der Waals surface area contributed by atoms with E-state index in [0.29, 0.717) is 5.69 Å². The smallest absolute Gasteiger partial charge is 0.341 e. The monoisotopic (exact) mass is 379 g/mol. The van der Waals surface area contributed by atoms with Gasteiger partial charge in [-0.2, -0.15) is 0 Å². The number of nitrogens with two attached hydrogens (primary N) is 1. The quantitative estimate of drug-likeness (QED) is 0.302. The van der Waals surface area contributed by atoms with Gasteiger partial charge in [0.25, 0.3) is 11.6 Å². The van der Waals surface area contributed by atoms with Crippen molar-refractivity contribution in [3.63, 3.8) is 0 Å². The first-order valence-electron chi connectivity index (χ1n) is 8.40. The second-order valence-electron chi connectivity index (χ2n) is 6.09. The zero-order valence-electron chi connectivity index (χ0n) is 14.9. The predicted molar refractivity (Wildman–Crippen MR) is 105 cm³/mol. The Balaban J connectivity index is 1.75. The molecule has 0 aliphatic rings. The van der Waals surface area contributed by atoms with E-state index in [1.54, 1.807) is 12.1 Å². The van der Waals surface area contributed by atoms with Gasteiger partial charge in [0, 0.05) is 28.9 Å². The van der Waals surface area contributed by atoms with Gasteiger partial charge in [0.2, 0.25) is 0 Å². The van der Waals surface area contributed by atoms with E-state index in [4.69, 9.17) is 10.5 Å². The Kier molecular flexibility index (Phi) is 5.21. The molecule has 1 amide bonds. The van der Waals surface area contributed by atoms with Crippen LogP contribution >= 0.6 is 0 Å². The summed E-state index contributed by atoms with van der Waals surface area (Å²) in [6.07, 6.45) is -1.13. The van der Waals surface area contributed by atoms with Gasteiger partial charge in [-0.3, -0.25) is 14.9 Å². The Morgan fingerprint density at radius 2 is 1.82 bits per heavy atom. The second kappa shape index (κ2) is 7.75. The highest BCUT2D eigenvalue weighted by atomic mass is 16.6. The van der Waals surface area contributed by atoms with Crippen LogP contribution in [0, 0.1) is 10.1 Å². The van der Waals surface area contributed by atoms with Crippen molar-refractivity contribution in [3.05, 3.63) is 76.3 Å². The standard InChI is InChI=1S/C20H17N3O5/c1-12(28-20(25)16-11-14(23(26)27)9-10-17(16)21)19(24)22-18-8-4-6-13-5-2-3-7-15(13)18/h2-12H,21H2,1H3,(H,22,24)/t12-/m1/s1. The number of hydrogen-bond donors (Lipinski definition) is 2. The largest absolute Gasteiger partial charge is 0.449 e. The SMILES string of the molecule is C[C@@H](OC(=O)c1cc([N+](=O)[O-])ccc1N)C(=O)Nc1cccc2ccccc12. The van der Waals surface area contributed by atoms with Crippen molar-refractivity contribution in [3.8, 4) is 0 Å². The van der Waals surface area contributed by atoms with Gasteiger partial charge in [-0.1, -0.05) is 36.4 Å². The van der Waals surface area contributed by atoms with Crippen molar-refractivity contribution < 1.29 is 19.2 Å². The third-order valence-corrected chi connectivity index (χ3v) is 4.17. The number of nitro groups is 1. The lowest BCUT2D eigenvalue weighted by atomic mass is 10.1.